The van der Waals surface area contributed by atoms with Crippen molar-refractivity contribution in [1.82, 2.24) is 4.98 Å². The Labute approximate surface area is 132 Å². The molecule has 0 atom stereocenters. The second kappa shape index (κ2) is 6.04. The summed E-state index contributed by atoms with van der Waals surface area (Å²) in [5, 5.41) is 8.76. The van der Waals surface area contributed by atoms with Crippen LogP contribution in [0.25, 0.3) is 11.3 Å². The summed E-state index contributed by atoms with van der Waals surface area (Å²) in [6.07, 6.45) is -4.80. The number of benzene rings is 1. The quantitative estimate of drug-likeness (QED) is 0.841. The van der Waals surface area contributed by atoms with Gasteiger partial charge in [-0.05, 0) is 24.3 Å². The number of methoxy groups -OCH3 is 1. The van der Waals surface area contributed by atoms with Crippen molar-refractivity contribution in [2.75, 3.05) is 7.11 Å². The molecule has 0 unspecified atom stereocenters. The molecule has 1 aromatic heterocycles. The van der Waals surface area contributed by atoms with E-state index in [4.69, 9.17) is 16.7 Å². The van der Waals surface area contributed by atoms with E-state index in [1.165, 1.54) is 6.07 Å². The predicted molar refractivity (Wildman–Crippen MR) is 73.2 cm³/mol. The Morgan fingerprint density at radius 2 is 1.91 bits per heavy atom. The van der Waals surface area contributed by atoms with Gasteiger partial charge in [0.2, 0.25) is 0 Å². The SMILES string of the molecule is COc1c(C(F)(F)F)ccc(-c2ccc(Cl)c(C(=O)O)n2)c1F. The lowest BCUT2D eigenvalue weighted by atomic mass is 10.1. The minimum atomic E-state index is -4.80. The van der Waals surface area contributed by atoms with Crippen LogP contribution in [0.1, 0.15) is 16.1 Å². The number of carbonyl (C=O) groups is 1. The van der Waals surface area contributed by atoms with Crippen LogP contribution < -0.4 is 4.74 Å². The summed E-state index contributed by atoms with van der Waals surface area (Å²) in [6, 6.07) is 3.84. The van der Waals surface area contributed by atoms with E-state index in [9.17, 15) is 22.4 Å². The zero-order valence-corrected chi connectivity index (χ0v) is 12.2. The zero-order valence-electron chi connectivity index (χ0n) is 11.4. The van der Waals surface area contributed by atoms with Crippen molar-refractivity contribution in [3.8, 4) is 17.0 Å². The van der Waals surface area contributed by atoms with Crippen molar-refractivity contribution in [2.45, 2.75) is 6.18 Å². The molecule has 0 aliphatic heterocycles. The molecule has 0 amide bonds. The lowest BCUT2D eigenvalue weighted by molar-refractivity contribution is -0.139. The van der Waals surface area contributed by atoms with E-state index in [0.29, 0.717) is 6.07 Å². The fourth-order valence-corrected chi connectivity index (χ4v) is 2.10. The van der Waals surface area contributed by atoms with Gasteiger partial charge in [-0.3, -0.25) is 0 Å². The van der Waals surface area contributed by atoms with Crippen LogP contribution in [-0.2, 0) is 6.18 Å². The van der Waals surface area contributed by atoms with Crippen LogP contribution in [0.3, 0.4) is 0 Å². The number of halogens is 5. The highest BCUT2D eigenvalue weighted by atomic mass is 35.5. The summed E-state index contributed by atoms with van der Waals surface area (Å²) >= 11 is 5.65. The number of carboxylic acids is 1. The maximum atomic E-state index is 14.3. The number of hydrogen-bond donors (Lipinski definition) is 1. The van der Waals surface area contributed by atoms with Crippen LogP contribution in [0.2, 0.25) is 5.02 Å². The van der Waals surface area contributed by atoms with Gasteiger partial charge in [-0.2, -0.15) is 13.2 Å². The smallest absolute Gasteiger partial charge is 0.420 e. The Hall–Kier alpha value is -2.35. The third-order valence-corrected chi connectivity index (χ3v) is 3.24. The van der Waals surface area contributed by atoms with E-state index in [0.717, 1.165) is 19.2 Å². The number of hydrogen-bond acceptors (Lipinski definition) is 3. The van der Waals surface area contributed by atoms with Crippen LogP contribution in [0.5, 0.6) is 5.75 Å². The molecule has 1 heterocycles. The molecule has 1 aromatic carbocycles. The van der Waals surface area contributed by atoms with Gasteiger partial charge < -0.3 is 9.84 Å². The van der Waals surface area contributed by atoms with Crippen LogP contribution in [0.15, 0.2) is 24.3 Å². The van der Waals surface area contributed by atoms with E-state index >= 15 is 0 Å². The highest BCUT2D eigenvalue weighted by Crippen LogP contribution is 2.40. The molecule has 0 aliphatic carbocycles. The minimum Gasteiger partial charge on any atom is -0.493 e. The van der Waals surface area contributed by atoms with Gasteiger partial charge in [0.05, 0.1) is 17.8 Å². The van der Waals surface area contributed by atoms with E-state index < -0.39 is 35.0 Å². The summed E-state index contributed by atoms with van der Waals surface area (Å²) in [7, 11) is 0.898. The molecule has 0 fully saturated rings. The van der Waals surface area contributed by atoms with Gasteiger partial charge in [0.1, 0.15) is 5.56 Å². The van der Waals surface area contributed by atoms with Crippen molar-refractivity contribution >= 4 is 17.6 Å². The molecule has 2 aromatic rings. The first-order chi connectivity index (χ1) is 10.7. The number of ether oxygens (including phenoxy) is 1. The van der Waals surface area contributed by atoms with Gasteiger partial charge in [-0.15, -0.1) is 0 Å². The molecule has 0 aliphatic rings. The Bertz CT molecular complexity index is 777. The second-order valence-electron chi connectivity index (χ2n) is 4.34. The monoisotopic (exact) mass is 349 g/mol. The van der Waals surface area contributed by atoms with Crippen molar-refractivity contribution in [2.24, 2.45) is 0 Å². The summed E-state index contributed by atoms with van der Waals surface area (Å²) in [4.78, 5) is 14.6. The number of aromatic carboxylic acids is 1. The Balaban J connectivity index is 2.66. The number of carboxylic acid groups (broad SMARTS) is 1. The molecule has 0 radical (unpaired) electrons. The topological polar surface area (TPSA) is 59.4 Å². The third-order valence-electron chi connectivity index (χ3n) is 2.93. The van der Waals surface area contributed by atoms with Crippen LogP contribution >= 0.6 is 11.6 Å². The lowest BCUT2D eigenvalue weighted by Gasteiger charge is -2.15. The minimum absolute atomic E-state index is 0.180. The molecular weight excluding hydrogens is 342 g/mol. The fourth-order valence-electron chi connectivity index (χ4n) is 1.92. The van der Waals surface area contributed by atoms with Gasteiger partial charge in [0, 0.05) is 5.56 Å². The molecule has 23 heavy (non-hydrogen) atoms. The third kappa shape index (κ3) is 3.21. The molecule has 0 saturated carbocycles. The zero-order chi connectivity index (χ0) is 17.4. The maximum Gasteiger partial charge on any atom is 0.420 e. The molecule has 4 nitrogen and oxygen atoms in total. The standard InChI is InChI=1S/C14H8ClF4NO3/c1-23-12-7(14(17,18)19)3-2-6(10(12)16)9-5-4-8(15)11(20-9)13(21)22/h2-5H,1H3,(H,21,22). The molecular formula is C14H8ClF4NO3. The van der Waals surface area contributed by atoms with E-state index in [-0.39, 0.29) is 16.3 Å². The maximum absolute atomic E-state index is 14.3. The Morgan fingerprint density at radius 1 is 1.26 bits per heavy atom. The van der Waals surface area contributed by atoms with Crippen LogP contribution in [-0.4, -0.2) is 23.2 Å². The second-order valence-corrected chi connectivity index (χ2v) is 4.74. The molecule has 0 spiro atoms. The molecule has 122 valence electrons. The average molecular weight is 350 g/mol. The summed E-state index contributed by atoms with van der Waals surface area (Å²) < 4.78 is 57.3. The number of nitrogens with zero attached hydrogens (tertiary/aromatic N) is 1. The van der Waals surface area contributed by atoms with Crippen LogP contribution in [0.4, 0.5) is 17.6 Å². The van der Waals surface area contributed by atoms with Gasteiger partial charge in [0.25, 0.3) is 0 Å². The average Bonchev–Trinajstić information content (AvgIpc) is 2.46. The highest BCUT2D eigenvalue weighted by Gasteiger charge is 2.36. The first-order valence-electron chi connectivity index (χ1n) is 6.00. The first-order valence-corrected chi connectivity index (χ1v) is 6.38. The number of alkyl halides is 3. The number of pyridine rings is 1. The fraction of sp³-hybridized carbons (Fsp3) is 0.143. The van der Waals surface area contributed by atoms with Gasteiger partial charge in [-0.1, -0.05) is 11.6 Å². The van der Waals surface area contributed by atoms with E-state index in [1.807, 2.05) is 0 Å². The summed E-state index contributed by atoms with van der Waals surface area (Å²) in [5.74, 6) is -3.74. The highest BCUT2D eigenvalue weighted by molar-refractivity contribution is 6.33. The normalized spacial score (nSPS) is 11.4. The lowest BCUT2D eigenvalue weighted by Crippen LogP contribution is -2.10. The summed E-state index contributed by atoms with van der Waals surface area (Å²) in [6.45, 7) is 0. The number of aromatic nitrogens is 1. The molecule has 0 bridgehead atoms. The largest absolute Gasteiger partial charge is 0.493 e. The Morgan fingerprint density at radius 3 is 2.43 bits per heavy atom. The van der Waals surface area contributed by atoms with Crippen molar-refractivity contribution < 1.29 is 32.2 Å². The first kappa shape index (κ1) is 17.0. The van der Waals surface area contributed by atoms with Gasteiger partial charge in [-0.25, -0.2) is 14.2 Å². The predicted octanol–water partition coefficient (Wildman–Crippen LogP) is 4.27. The van der Waals surface area contributed by atoms with Crippen LogP contribution in [0, 0.1) is 5.82 Å². The van der Waals surface area contributed by atoms with E-state index in [2.05, 4.69) is 9.72 Å². The van der Waals surface area contributed by atoms with Gasteiger partial charge in [0.15, 0.2) is 17.3 Å². The van der Waals surface area contributed by atoms with Crippen molar-refractivity contribution in [1.29, 1.82) is 0 Å². The van der Waals surface area contributed by atoms with E-state index in [1.54, 1.807) is 0 Å². The number of rotatable bonds is 3. The molecule has 2 rings (SSSR count). The van der Waals surface area contributed by atoms with Crippen molar-refractivity contribution in [3.63, 3.8) is 0 Å². The summed E-state index contributed by atoms with van der Waals surface area (Å²) in [5.41, 5.74) is -2.35. The van der Waals surface area contributed by atoms with Gasteiger partial charge >= 0.3 is 12.1 Å². The molecule has 0 saturated heterocycles. The molecule has 1 N–H and O–H groups in total. The van der Waals surface area contributed by atoms with Crippen molar-refractivity contribution in [3.05, 3.63) is 46.4 Å². The molecule has 9 heteroatoms. The Kier molecular flexibility index (Phi) is 4.46.